The number of nitrogens with one attached hydrogen (secondary N) is 1. The average Bonchev–Trinajstić information content (AvgIpc) is 3.16. The number of anilines is 1. The summed E-state index contributed by atoms with van der Waals surface area (Å²) in [5, 5.41) is 10.8. The average molecular weight is 404 g/mol. The number of hydrogen-bond donors (Lipinski definition) is 1. The van der Waals surface area contributed by atoms with E-state index in [1.54, 1.807) is 6.07 Å². The van der Waals surface area contributed by atoms with Crippen molar-refractivity contribution in [3.63, 3.8) is 0 Å². The molecule has 0 aliphatic carbocycles. The van der Waals surface area contributed by atoms with Crippen LogP contribution in [0, 0.1) is 6.92 Å². The van der Waals surface area contributed by atoms with Crippen LogP contribution in [0.25, 0.3) is 16.9 Å². The van der Waals surface area contributed by atoms with Gasteiger partial charge in [-0.05, 0) is 55.8 Å². The Morgan fingerprint density at radius 2 is 1.97 bits per heavy atom. The van der Waals surface area contributed by atoms with Crippen molar-refractivity contribution in [2.75, 3.05) is 11.9 Å². The van der Waals surface area contributed by atoms with Gasteiger partial charge in [-0.1, -0.05) is 17.3 Å². The van der Waals surface area contributed by atoms with Gasteiger partial charge in [-0.25, -0.2) is 4.98 Å². The minimum absolute atomic E-state index is 0.0924. The highest BCUT2D eigenvalue weighted by atomic mass is 16.5. The van der Waals surface area contributed by atoms with E-state index in [2.05, 4.69) is 20.6 Å². The molecular formula is C21H20N6O3. The zero-order valence-electron chi connectivity index (χ0n) is 16.6. The van der Waals surface area contributed by atoms with E-state index < -0.39 is 5.56 Å². The lowest BCUT2D eigenvalue weighted by Gasteiger charge is -2.08. The van der Waals surface area contributed by atoms with Crippen LogP contribution in [0.5, 0.6) is 5.75 Å². The van der Waals surface area contributed by atoms with E-state index in [0.717, 1.165) is 11.3 Å². The van der Waals surface area contributed by atoms with Gasteiger partial charge in [-0.2, -0.15) is 4.68 Å². The van der Waals surface area contributed by atoms with Crippen molar-refractivity contribution in [1.29, 1.82) is 0 Å². The number of aryl methyl sites for hydroxylation is 1. The van der Waals surface area contributed by atoms with Crippen molar-refractivity contribution in [3.8, 4) is 11.4 Å². The molecule has 4 rings (SSSR count). The lowest BCUT2D eigenvalue weighted by Crippen LogP contribution is -2.28. The molecule has 0 fully saturated rings. The molecule has 2 aromatic heterocycles. The van der Waals surface area contributed by atoms with Crippen LogP contribution in [0.3, 0.4) is 0 Å². The smallest absolute Gasteiger partial charge is 0.284 e. The number of amides is 1. The maximum atomic E-state index is 12.8. The number of carbonyl (C=O) groups is 1. The molecule has 0 spiro atoms. The Labute approximate surface area is 171 Å². The minimum Gasteiger partial charge on any atom is -0.494 e. The van der Waals surface area contributed by atoms with Crippen molar-refractivity contribution in [2.45, 2.75) is 20.4 Å². The van der Waals surface area contributed by atoms with E-state index in [1.807, 2.05) is 56.3 Å². The molecule has 9 nitrogen and oxygen atoms in total. The van der Waals surface area contributed by atoms with Crippen LogP contribution in [0.15, 0.2) is 59.7 Å². The van der Waals surface area contributed by atoms with E-state index in [1.165, 1.54) is 15.6 Å². The summed E-state index contributed by atoms with van der Waals surface area (Å²) in [5.74, 6) is 0.406. The Balaban J connectivity index is 1.57. The van der Waals surface area contributed by atoms with Crippen molar-refractivity contribution in [2.24, 2.45) is 0 Å². The first-order valence-electron chi connectivity index (χ1n) is 9.46. The first kappa shape index (κ1) is 19.3. The van der Waals surface area contributed by atoms with Crippen LogP contribution in [0.2, 0.25) is 0 Å². The quantitative estimate of drug-likeness (QED) is 0.529. The standard InChI is InChI=1S/C21H20N6O3/c1-3-30-17-9-7-16(8-10-17)27-20-19(24-25-27)21(29)26(13-22-20)12-18(28)23-15-6-4-5-14(2)11-15/h4-11,13H,3,12H2,1-2H3,(H,23,28). The summed E-state index contributed by atoms with van der Waals surface area (Å²) in [5.41, 5.74) is 2.37. The van der Waals surface area contributed by atoms with Gasteiger partial charge in [0.2, 0.25) is 5.91 Å². The maximum absolute atomic E-state index is 12.8. The lowest BCUT2D eigenvalue weighted by atomic mass is 10.2. The molecule has 9 heteroatoms. The molecule has 0 bridgehead atoms. The summed E-state index contributed by atoms with van der Waals surface area (Å²) >= 11 is 0. The highest BCUT2D eigenvalue weighted by Gasteiger charge is 2.15. The second-order valence-electron chi connectivity index (χ2n) is 6.70. The van der Waals surface area contributed by atoms with Gasteiger partial charge in [0.15, 0.2) is 11.2 Å². The highest BCUT2D eigenvalue weighted by molar-refractivity contribution is 5.90. The van der Waals surface area contributed by atoms with Crippen LogP contribution in [0.1, 0.15) is 12.5 Å². The molecule has 0 unspecified atom stereocenters. The first-order valence-corrected chi connectivity index (χ1v) is 9.46. The summed E-state index contributed by atoms with van der Waals surface area (Å²) in [7, 11) is 0. The summed E-state index contributed by atoms with van der Waals surface area (Å²) in [4.78, 5) is 29.4. The number of nitrogens with zero attached hydrogens (tertiary/aromatic N) is 5. The molecule has 2 heterocycles. The number of aromatic nitrogens is 5. The van der Waals surface area contributed by atoms with Crippen molar-refractivity contribution < 1.29 is 9.53 Å². The molecule has 2 aromatic carbocycles. The van der Waals surface area contributed by atoms with Gasteiger partial charge in [-0.3, -0.25) is 14.2 Å². The Bertz CT molecular complexity index is 1260. The van der Waals surface area contributed by atoms with Gasteiger partial charge >= 0.3 is 0 Å². The highest BCUT2D eigenvalue weighted by Crippen LogP contribution is 2.17. The van der Waals surface area contributed by atoms with Crippen molar-refractivity contribution >= 4 is 22.8 Å². The summed E-state index contributed by atoms with van der Waals surface area (Å²) in [6, 6.07) is 14.7. The van der Waals surface area contributed by atoms with E-state index >= 15 is 0 Å². The lowest BCUT2D eigenvalue weighted by molar-refractivity contribution is -0.116. The second-order valence-corrected chi connectivity index (χ2v) is 6.70. The predicted octanol–water partition coefficient (Wildman–Crippen LogP) is 2.32. The van der Waals surface area contributed by atoms with E-state index in [-0.39, 0.29) is 18.0 Å². The van der Waals surface area contributed by atoms with Gasteiger partial charge in [0.05, 0.1) is 12.3 Å². The summed E-state index contributed by atoms with van der Waals surface area (Å²) in [6.07, 6.45) is 1.33. The third kappa shape index (κ3) is 3.90. The first-order chi connectivity index (χ1) is 14.5. The molecule has 152 valence electrons. The molecule has 0 saturated heterocycles. The molecular weight excluding hydrogens is 384 g/mol. The van der Waals surface area contributed by atoms with E-state index in [9.17, 15) is 9.59 Å². The third-order valence-electron chi connectivity index (χ3n) is 4.44. The summed E-state index contributed by atoms with van der Waals surface area (Å²) in [6.45, 7) is 4.25. The zero-order chi connectivity index (χ0) is 21.1. The number of carbonyl (C=O) groups excluding carboxylic acids is 1. The predicted molar refractivity (Wildman–Crippen MR) is 112 cm³/mol. The largest absolute Gasteiger partial charge is 0.494 e. The van der Waals surface area contributed by atoms with Crippen molar-refractivity contribution in [1.82, 2.24) is 24.5 Å². The maximum Gasteiger partial charge on any atom is 0.284 e. The van der Waals surface area contributed by atoms with Gasteiger partial charge in [-0.15, -0.1) is 5.10 Å². The zero-order valence-corrected chi connectivity index (χ0v) is 16.6. The molecule has 0 atom stereocenters. The van der Waals surface area contributed by atoms with E-state index in [4.69, 9.17) is 4.74 Å². The molecule has 0 saturated carbocycles. The molecule has 1 amide bonds. The third-order valence-corrected chi connectivity index (χ3v) is 4.44. The monoisotopic (exact) mass is 404 g/mol. The fraction of sp³-hybridized carbons (Fsp3) is 0.190. The van der Waals surface area contributed by atoms with Gasteiger partial charge in [0.25, 0.3) is 5.56 Å². The van der Waals surface area contributed by atoms with Crippen LogP contribution in [-0.4, -0.2) is 37.1 Å². The fourth-order valence-electron chi connectivity index (χ4n) is 3.06. The van der Waals surface area contributed by atoms with E-state index in [0.29, 0.717) is 23.6 Å². The number of fused-ring (bicyclic) bond motifs is 1. The van der Waals surface area contributed by atoms with Crippen LogP contribution < -0.4 is 15.6 Å². The normalized spacial score (nSPS) is 10.9. The van der Waals surface area contributed by atoms with Crippen LogP contribution in [-0.2, 0) is 11.3 Å². The fourth-order valence-corrected chi connectivity index (χ4v) is 3.06. The number of rotatable bonds is 6. The van der Waals surface area contributed by atoms with Gasteiger partial charge < -0.3 is 10.1 Å². The molecule has 30 heavy (non-hydrogen) atoms. The summed E-state index contributed by atoms with van der Waals surface area (Å²) < 4.78 is 8.12. The number of ether oxygens (including phenoxy) is 1. The molecule has 4 aromatic rings. The van der Waals surface area contributed by atoms with Gasteiger partial charge in [0.1, 0.15) is 18.6 Å². The Kier molecular flexibility index (Phi) is 5.25. The minimum atomic E-state index is -0.434. The second kappa shape index (κ2) is 8.16. The topological polar surface area (TPSA) is 104 Å². The van der Waals surface area contributed by atoms with Crippen LogP contribution in [0.4, 0.5) is 5.69 Å². The number of hydrogen-bond acceptors (Lipinski definition) is 6. The Morgan fingerprint density at radius 3 is 2.70 bits per heavy atom. The molecule has 0 aliphatic heterocycles. The molecule has 1 N–H and O–H groups in total. The van der Waals surface area contributed by atoms with Crippen molar-refractivity contribution in [3.05, 3.63) is 70.8 Å². The van der Waals surface area contributed by atoms with Gasteiger partial charge in [0, 0.05) is 5.69 Å². The molecule has 0 radical (unpaired) electrons. The molecule has 0 aliphatic rings. The SMILES string of the molecule is CCOc1ccc(-n2nnc3c(=O)n(CC(=O)Nc4cccc(C)c4)cnc32)cc1. The van der Waals surface area contributed by atoms with Crippen LogP contribution >= 0.6 is 0 Å². The Morgan fingerprint density at radius 1 is 1.17 bits per heavy atom. The Hall–Kier alpha value is -4.01. The number of benzene rings is 2.